The number of aliphatic hydroxyl groups excluding tert-OH is 1. The third kappa shape index (κ3) is 6.19. The number of unbranched alkanes of at least 4 members (excludes halogenated alkanes) is 1. The Labute approximate surface area is 189 Å². The predicted molar refractivity (Wildman–Crippen MR) is 123 cm³/mol. The van der Waals surface area contributed by atoms with Gasteiger partial charge in [0.2, 0.25) is 10.0 Å². The minimum Gasteiger partial charge on any atom is -0.388 e. The fourth-order valence-electron chi connectivity index (χ4n) is 3.80. The molecule has 3 rings (SSSR count). The molecule has 1 aliphatic rings. The second-order valence-corrected chi connectivity index (χ2v) is 11.6. The van der Waals surface area contributed by atoms with Crippen LogP contribution in [0, 0.1) is 0 Å². The summed E-state index contributed by atoms with van der Waals surface area (Å²) in [6.07, 6.45) is 2.43. The van der Waals surface area contributed by atoms with Crippen LogP contribution < -0.4 is 9.61 Å². The van der Waals surface area contributed by atoms with Gasteiger partial charge in [-0.15, -0.1) is 0 Å². The molecule has 2 atom stereocenters. The highest BCUT2D eigenvalue weighted by molar-refractivity contribution is 7.93. The lowest BCUT2D eigenvalue weighted by molar-refractivity contribution is 0.110. The summed E-state index contributed by atoms with van der Waals surface area (Å²) in [5.41, 5.74) is 1.89. The first-order valence-electron chi connectivity index (χ1n) is 10.6. The fraction of sp³-hybridized carbons (Fsp3) is 0.455. The molecule has 8 nitrogen and oxygen atoms in total. The highest BCUT2D eigenvalue weighted by atomic mass is 32.2. The number of nitrogens with zero attached hydrogens (tertiary/aromatic N) is 1. The summed E-state index contributed by atoms with van der Waals surface area (Å²) in [5.74, 6) is 0.0234. The van der Waals surface area contributed by atoms with Crippen LogP contribution in [0.2, 0.25) is 0 Å². The third-order valence-corrected chi connectivity index (χ3v) is 8.34. The lowest BCUT2D eigenvalue weighted by Crippen LogP contribution is -2.36. The van der Waals surface area contributed by atoms with Crippen LogP contribution in [0.3, 0.4) is 0 Å². The van der Waals surface area contributed by atoms with Crippen LogP contribution in [-0.2, 0) is 25.9 Å². The Hall–Kier alpha value is -1.74. The Morgan fingerprint density at radius 2 is 1.91 bits per heavy atom. The number of rotatable bonds is 10. The van der Waals surface area contributed by atoms with Crippen LogP contribution in [0.15, 0.2) is 48.5 Å². The van der Waals surface area contributed by atoms with Gasteiger partial charge < -0.3 is 19.6 Å². The molecular weight excluding hydrogens is 453 g/mol. The predicted octanol–water partition coefficient (Wildman–Crippen LogP) is 2.84. The zero-order valence-corrected chi connectivity index (χ0v) is 19.7. The van der Waals surface area contributed by atoms with Crippen molar-refractivity contribution in [2.24, 2.45) is 0 Å². The molecule has 2 aromatic carbocycles. The molecule has 1 saturated heterocycles. The molecule has 0 aliphatic carbocycles. The minimum atomic E-state index is -4.34. The summed E-state index contributed by atoms with van der Waals surface area (Å²) < 4.78 is 43.8. The van der Waals surface area contributed by atoms with Crippen molar-refractivity contribution in [2.75, 3.05) is 16.7 Å². The maximum absolute atomic E-state index is 12.7. The van der Waals surface area contributed by atoms with Crippen LogP contribution in [0.4, 0.5) is 5.69 Å². The van der Waals surface area contributed by atoms with Crippen LogP contribution >= 0.6 is 7.60 Å². The molecule has 32 heavy (non-hydrogen) atoms. The highest BCUT2D eigenvalue weighted by Crippen LogP contribution is 2.33. The van der Waals surface area contributed by atoms with Crippen LogP contribution in [0.1, 0.15) is 49.8 Å². The Morgan fingerprint density at radius 1 is 1.19 bits per heavy atom. The first-order valence-corrected chi connectivity index (χ1v) is 13.9. The summed E-state index contributed by atoms with van der Waals surface area (Å²) in [5, 5.41) is 10.2. The van der Waals surface area contributed by atoms with Gasteiger partial charge in [0.1, 0.15) is 0 Å². The molecule has 0 saturated carbocycles. The van der Waals surface area contributed by atoms with Crippen molar-refractivity contribution in [1.29, 1.82) is 0 Å². The van der Waals surface area contributed by atoms with E-state index in [0.717, 1.165) is 18.4 Å². The second kappa shape index (κ2) is 10.5. The monoisotopic (exact) mass is 483 g/mol. The molecule has 0 aromatic heterocycles. The molecular formula is C22H30NO7PS. The topological polar surface area (TPSA) is 124 Å². The van der Waals surface area contributed by atoms with Crippen molar-refractivity contribution >= 4 is 28.6 Å². The van der Waals surface area contributed by atoms with Crippen molar-refractivity contribution in [3.05, 3.63) is 59.7 Å². The average molecular weight is 484 g/mol. The Kier molecular flexibility index (Phi) is 8.14. The van der Waals surface area contributed by atoms with E-state index < -0.39 is 23.7 Å². The molecule has 2 aromatic rings. The molecule has 3 N–H and O–H groups in total. The van der Waals surface area contributed by atoms with E-state index in [2.05, 4.69) is 6.92 Å². The summed E-state index contributed by atoms with van der Waals surface area (Å²) in [4.78, 5) is 18.6. The van der Waals surface area contributed by atoms with E-state index in [1.807, 2.05) is 0 Å². The summed E-state index contributed by atoms with van der Waals surface area (Å²) in [6.45, 7) is 2.33. The largest absolute Gasteiger partial charge is 0.388 e. The van der Waals surface area contributed by atoms with E-state index >= 15 is 0 Å². The lowest BCUT2D eigenvalue weighted by atomic mass is 10.0. The molecule has 0 spiro atoms. The summed E-state index contributed by atoms with van der Waals surface area (Å²) in [6, 6.07) is 12.6. The summed E-state index contributed by atoms with van der Waals surface area (Å²) in [7, 11) is -7.81. The molecule has 2 unspecified atom stereocenters. The van der Waals surface area contributed by atoms with E-state index in [1.165, 1.54) is 16.4 Å². The van der Waals surface area contributed by atoms with Crippen molar-refractivity contribution in [1.82, 2.24) is 0 Å². The molecule has 1 fully saturated rings. The number of ether oxygens (including phenoxy) is 1. The molecule has 10 heteroatoms. The van der Waals surface area contributed by atoms with E-state index in [9.17, 15) is 27.9 Å². The van der Waals surface area contributed by atoms with E-state index in [4.69, 9.17) is 4.74 Å². The number of aliphatic hydroxyl groups is 1. The molecule has 1 aliphatic heterocycles. The highest BCUT2D eigenvalue weighted by Gasteiger charge is 2.37. The van der Waals surface area contributed by atoms with Gasteiger partial charge in [-0.2, -0.15) is 0 Å². The van der Waals surface area contributed by atoms with Gasteiger partial charge in [-0.25, -0.2) is 8.42 Å². The van der Waals surface area contributed by atoms with Crippen molar-refractivity contribution in [3.63, 3.8) is 0 Å². The Morgan fingerprint density at radius 3 is 2.56 bits per heavy atom. The standard InChI is InChI=1S/C22H30NO7PS/c1-2-3-7-22(24)18-8-10-19(11-9-18)23-20(12-13-32(23,28)29)16-30-15-17-5-4-6-21(14-17)31(25,26)27/h4-6,8-11,14,20,22,24H,2-3,7,12-13,15-16H2,1H3,(H2,25,26,27). The molecule has 0 amide bonds. The Balaban J connectivity index is 1.67. The SMILES string of the molecule is CCCCC(O)c1ccc(N2C(COCc3cccc(P(=O)(O)O)c3)CCS2(=O)=O)cc1. The van der Waals surface area contributed by atoms with Crippen molar-refractivity contribution < 1.29 is 32.6 Å². The number of sulfonamides is 1. The molecule has 176 valence electrons. The van der Waals surface area contributed by atoms with Gasteiger partial charge in [0.25, 0.3) is 0 Å². The van der Waals surface area contributed by atoms with Gasteiger partial charge in [0, 0.05) is 0 Å². The smallest absolute Gasteiger partial charge is 0.356 e. The maximum Gasteiger partial charge on any atom is 0.356 e. The zero-order chi connectivity index (χ0) is 23.4. The average Bonchev–Trinajstić information content (AvgIpc) is 3.06. The van der Waals surface area contributed by atoms with Crippen LogP contribution in [-0.4, -0.2) is 41.7 Å². The first-order chi connectivity index (χ1) is 15.1. The maximum atomic E-state index is 12.7. The van der Waals surface area contributed by atoms with Gasteiger partial charge in [-0.3, -0.25) is 8.87 Å². The van der Waals surface area contributed by atoms with Crippen molar-refractivity contribution in [3.8, 4) is 0 Å². The van der Waals surface area contributed by atoms with Gasteiger partial charge in [0.05, 0.1) is 42.1 Å². The third-order valence-electron chi connectivity index (χ3n) is 5.53. The lowest BCUT2D eigenvalue weighted by Gasteiger charge is -2.25. The zero-order valence-electron chi connectivity index (χ0n) is 18.0. The van der Waals surface area contributed by atoms with Gasteiger partial charge in [-0.1, -0.05) is 44.0 Å². The van der Waals surface area contributed by atoms with Gasteiger partial charge in [-0.05, 0) is 48.2 Å². The number of anilines is 1. The molecule has 0 bridgehead atoms. The number of benzene rings is 2. The minimum absolute atomic E-state index is 0.0234. The van der Waals surface area contributed by atoms with E-state index in [1.54, 1.807) is 36.4 Å². The Bertz CT molecular complexity index is 1050. The number of hydrogen-bond donors (Lipinski definition) is 3. The van der Waals surface area contributed by atoms with Crippen LogP contribution in [0.25, 0.3) is 0 Å². The van der Waals surface area contributed by atoms with Crippen LogP contribution in [0.5, 0.6) is 0 Å². The van der Waals surface area contributed by atoms with Gasteiger partial charge >= 0.3 is 7.60 Å². The number of hydrogen-bond acceptors (Lipinski definition) is 5. The first kappa shape index (κ1) is 24.9. The molecule has 1 heterocycles. The fourth-order valence-corrected chi connectivity index (χ4v) is 6.24. The van der Waals surface area contributed by atoms with E-state index in [0.29, 0.717) is 24.1 Å². The quantitative estimate of drug-likeness (QED) is 0.444. The second-order valence-electron chi connectivity index (χ2n) is 8.03. The van der Waals surface area contributed by atoms with E-state index in [-0.39, 0.29) is 30.3 Å². The molecule has 0 radical (unpaired) electrons. The normalized spacial score (nSPS) is 19.2. The van der Waals surface area contributed by atoms with Crippen molar-refractivity contribution in [2.45, 2.75) is 51.4 Å². The summed E-state index contributed by atoms with van der Waals surface area (Å²) >= 11 is 0. The van der Waals surface area contributed by atoms with Gasteiger partial charge in [0.15, 0.2) is 0 Å².